The van der Waals surface area contributed by atoms with Crippen molar-refractivity contribution in [2.24, 2.45) is 5.92 Å². The molecule has 94 valence electrons. The van der Waals surface area contributed by atoms with E-state index in [9.17, 15) is 0 Å². The number of likely N-dealkylation sites (tertiary alicyclic amines) is 1. The Balaban J connectivity index is 1.90. The van der Waals surface area contributed by atoms with Crippen LogP contribution in [0.2, 0.25) is 0 Å². The van der Waals surface area contributed by atoms with Crippen molar-refractivity contribution in [3.8, 4) is 0 Å². The summed E-state index contributed by atoms with van der Waals surface area (Å²) in [5.41, 5.74) is 9.09. The quantitative estimate of drug-likeness (QED) is 0.787. The first-order valence-electron chi connectivity index (χ1n) is 6.43. The molecule has 1 aromatic rings. The fourth-order valence-electron chi connectivity index (χ4n) is 2.52. The van der Waals surface area contributed by atoms with Crippen LogP contribution in [0.4, 0.5) is 11.4 Å². The topological polar surface area (TPSA) is 41.3 Å². The first-order chi connectivity index (χ1) is 8.15. The normalized spacial score (nSPS) is 21.4. The molecule has 0 bridgehead atoms. The van der Waals surface area contributed by atoms with Gasteiger partial charge in [-0.3, -0.25) is 0 Å². The van der Waals surface area contributed by atoms with Gasteiger partial charge in [-0.2, -0.15) is 0 Å². The van der Waals surface area contributed by atoms with Crippen LogP contribution in [0.5, 0.6) is 0 Å². The monoisotopic (exact) mass is 233 g/mol. The summed E-state index contributed by atoms with van der Waals surface area (Å²) in [6.45, 7) is 5.62. The fourth-order valence-corrected chi connectivity index (χ4v) is 2.52. The van der Waals surface area contributed by atoms with Gasteiger partial charge in [0.2, 0.25) is 0 Å². The van der Waals surface area contributed by atoms with Crippen LogP contribution >= 0.6 is 0 Å². The molecule has 0 radical (unpaired) electrons. The predicted octanol–water partition coefficient (Wildman–Crippen LogP) is 2.33. The van der Waals surface area contributed by atoms with Crippen molar-refractivity contribution in [2.45, 2.75) is 19.8 Å². The first kappa shape index (κ1) is 12.2. The summed E-state index contributed by atoms with van der Waals surface area (Å²) >= 11 is 0. The Morgan fingerprint density at radius 1 is 1.47 bits per heavy atom. The van der Waals surface area contributed by atoms with E-state index >= 15 is 0 Å². The second kappa shape index (κ2) is 5.41. The van der Waals surface area contributed by atoms with E-state index in [1.165, 1.54) is 37.2 Å². The van der Waals surface area contributed by atoms with Crippen LogP contribution in [0.3, 0.4) is 0 Å². The molecule has 0 aliphatic carbocycles. The number of nitrogens with two attached hydrogens (primary N) is 1. The molecule has 1 fully saturated rings. The number of benzene rings is 1. The molecule has 1 heterocycles. The number of nitrogens with one attached hydrogen (secondary N) is 1. The van der Waals surface area contributed by atoms with Gasteiger partial charge in [0, 0.05) is 24.5 Å². The third-order valence-corrected chi connectivity index (χ3v) is 3.56. The van der Waals surface area contributed by atoms with Crippen LogP contribution in [0.25, 0.3) is 0 Å². The second-order valence-electron chi connectivity index (χ2n) is 5.23. The van der Waals surface area contributed by atoms with Crippen molar-refractivity contribution >= 4 is 11.4 Å². The third-order valence-electron chi connectivity index (χ3n) is 3.56. The highest BCUT2D eigenvalue weighted by Gasteiger charge is 2.16. The molecule has 3 N–H and O–H groups in total. The van der Waals surface area contributed by atoms with Crippen LogP contribution in [-0.4, -0.2) is 31.6 Å². The number of hydrogen-bond acceptors (Lipinski definition) is 3. The lowest BCUT2D eigenvalue weighted by Crippen LogP contribution is -2.35. The van der Waals surface area contributed by atoms with Gasteiger partial charge in [-0.25, -0.2) is 0 Å². The van der Waals surface area contributed by atoms with Gasteiger partial charge in [0.05, 0.1) is 0 Å². The molecule has 1 aromatic carbocycles. The first-order valence-corrected chi connectivity index (χ1v) is 6.43. The predicted molar refractivity (Wildman–Crippen MR) is 74.3 cm³/mol. The van der Waals surface area contributed by atoms with Gasteiger partial charge in [-0.15, -0.1) is 0 Å². The number of piperidine rings is 1. The number of rotatable bonds is 3. The lowest BCUT2D eigenvalue weighted by atomic mass is 9.98. The van der Waals surface area contributed by atoms with Gasteiger partial charge in [0.15, 0.2) is 0 Å². The summed E-state index contributed by atoms with van der Waals surface area (Å²) in [5.74, 6) is 0.759. The fraction of sp³-hybridized carbons (Fsp3) is 0.571. The van der Waals surface area contributed by atoms with E-state index in [0.717, 1.165) is 18.2 Å². The number of anilines is 2. The molecule has 1 unspecified atom stereocenters. The Morgan fingerprint density at radius 3 is 3.06 bits per heavy atom. The van der Waals surface area contributed by atoms with Crippen LogP contribution in [-0.2, 0) is 0 Å². The van der Waals surface area contributed by atoms with Gasteiger partial charge in [-0.1, -0.05) is 6.07 Å². The van der Waals surface area contributed by atoms with Gasteiger partial charge in [0.25, 0.3) is 0 Å². The van der Waals surface area contributed by atoms with E-state index in [0.29, 0.717) is 0 Å². The lowest BCUT2D eigenvalue weighted by molar-refractivity contribution is 0.217. The molecule has 0 spiro atoms. The summed E-state index contributed by atoms with van der Waals surface area (Å²) in [6, 6.07) is 6.06. The Kier molecular flexibility index (Phi) is 3.89. The van der Waals surface area contributed by atoms with E-state index < -0.39 is 0 Å². The molecule has 0 amide bonds. The van der Waals surface area contributed by atoms with E-state index in [-0.39, 0.29) is 0 Å². The SMILES string of the molecule is Cc1ccc(N)cc1NCC1CCCN(C)C1. The molecule has 17 heavy (non-hydrogen) atoms. The highest BCUT2D eigenvalue weighted by Crippen LogP contribution is 2.20. The largest absolute Gasteiger partial charge is 0.399 e. The second-order valence-corrected chi connectivity index (χ2v) is 5.23. The number of nitrogens with zero attached hydrogens (tertiary/aromatic N) is 1. The number of nitrogen functional groups attached to an aromatic ring is 1. The molecule has 3 heteroatoms. The van der Waals surface area contributed by atoms with Crippen molar-refractivity contribution in [3.63, 3.8) is 0 Å². The van der Waals surface area contributed by atoms with Gasteiger partial charge < -0.3 is 16.0 Å². The summed E-state index contributed by atoms with van der Waals surface area (Å²) in [4.78, 5) is 2.42. The summed E-state index contributed by atoms with van der Waals surface area (Å²) in [6.07, 6.45) is 2.65. The number of hydrogen-bond donors (Lipinski definition) is 2. The Labute approximate surface area is 104 Å². The third kappa shape index (κ3) is 3.37. The molecule has 1 aliphatic heterocycles. The summed E-state index contributed by atoms with van der Waals surface area (Å²) < 4.78 is 0. The van der Waals surface area contributed by atoms with E-state index in [2.05, 4.69) is 30.3 Å². The molecule has 1 saturated heterocycles. The zero-order valence-corrected chi connectivity index (χ0v) is 10.9. The smallest absolute Gasteiger partial charge is 0.0390 e. The minimum absolute atomic E-state index is 0.759. The minimum Gasteiger partial charge on any atom is -0.399 e. The molecular formula is C14H23N3. The van der Waals surface area contributed by atoms with Crippen molar-refractivity contribution < 1.29 is 0 Å². The Hall–Kier alpha value is -1.22. The molecule has 0 saturated carbocycles. The van der Waals surface area contributed by atoms with Crippen molar-refractivity contribution in [2.75, 3.05) is 37.7 Å². The van der Waals surface area contributed by atoms with Gasteiger partial charge >= 0.3 is 0 Å². The maximum absolute atomic E-state index is 5.81. The van der Waals surface area contributed by atoms with Crippen LogP contribution in [0, 0.1) is 12.8 Å². The van der Waals surface area contributed by atoms with Crippen LogP contribution < -0.4 is 11.1 Å². The Morgan fingerprint density at radius 2 is 2.29 bits per heavy atom. The average molecular weight is 233 g/mol. The van der Waals surface area contributed by atoms with Gasteiger partial charge in [-0.05, 0) is 57.0 Å². The molecular weight excluding hydrogens is 210 g/mol. The minimum atomic E-state index is 0.759. The summed E-state index contributed by atoms with van der Waals surface area (Å²) in [7, 11) is 2.21. The zero-order chi connectivity index (χ0) is 12.3. The van der Waals surface area contributed by atoms with Crippen molar-refractivity contribution in [1.29, 1.82) is 0 Å². The van der Waals surface area contributed by atoms with E-state index in [4.69, 9.17) is 5.73 Å². The summed E-state index contributed by atoms with van der Waals surface area (Å²) in [5, 5.41) is 3.54. The Bertz CT molecular complexity index is 376. The molecule has 3 nitrogen and oxygen atoms in total. The maximum Gasteiger partial charge on any atom is 0.0390 e. The van der Waals surface area contributed by atoms with E-state index in [1.54, 1.807) is 0 Å². The highest BCUT2D eigenvalue weighted by molar-refractivity contribution is 5.59. The highest BCUT2D eigenvalue weighted by atomic mass is 15.1. The van der Waals surface area contributed by atoms with Crippen molar-refractivity contribution in [3.05, 3.63) is 23.8 Å². The molecule has 1 aliphatic rings. The standard InChI is InChI=1S/C14H23N3/c1-11-5-6-13(15)8-14(11)16-9-12-4-3-7-17(2)10-12/h5-6,8,12,16H,3-4,7,9-10,15H2,1-2H3. The van der Waals surface area contributed by atoms with E-state index in [1.807, 2.05) is 12.1 Å². The molecule has 0 aromatic heterocycles. The maximum atomic E-state index is 5.81. The molecule has 2 rings (SSSR count). The average Bonchev–Trinajstić information content (AvgIpc) is 2.30. The lowest BCUT2D eigenvalue weighted by Gasteiger charge is -2.30. The zero-order valence-electron chi connectivity index (χ0n) is 10.9. The van der Waals surface area contributed by atoms with Crippen molar-refractivity contribution in [1.82, 2.24) is 4.90 Å². The van der Waals surface area contributed by atoms with Crippen LogP contribution in [0.1, 0.15) is 18.4 Å². The molecule has 1 atom stereocenters. The van der Waals surface area contributed by atoms with Gasteiger partial charge in [0.1, 0.15) is 0 Å². The number of aryl methyl sites for hydroxylation is 1. The van der Waals surface area contributed by atoms with Crippen LogP contribution in [0.15, 0.2) is 18.2 Å².